The smallest absolute Gasteiger partial charge is 0.272 e. The average Bonchev–Trinajstić information content (AvgIpc) is 2.33. The predicted molar refractivity (Wildman–Crippen MR) is 71.2 cm³/mol. The maximum Gasteiger partial charge on any atom is 0.272 e. The number of nitrogens with two attached hydrogens (primary N) is 1. The number of carbonyl (C=O) groups excluding carboxylic acids is 1. The van der Waals surface area contributed by atoms with Gasteiger partial charge in [0, 0.05) is 18.8 Å². The molecule has 2 heterocycles. The zero-order chi connectivity index (χ0) is 13.1. The van der Waals surface area contributed by atoms with Crippen LogP contribution < -0.4 is 11.1 Å². The van der Waals surface area contributed by atoms with Crippen LogP contribution in [0.15, 0.2) is 18.3 Å². The second-order valence-corrected chi connectivity index (χ2v) is 5.05. The molecule has 5 nitrogen and oxygen atoms in total. The molecule has 1 aliphatic heterocycles. The molecule has 3 N–H and O–H groups in total. The molecule has 0 aromatic carbocycles. The number of nitrogens with one attached hydrogen (secondary N) is 1. The number of piperidine rings is 1. The van der Waals surface area contributed by atoms with Crippen LogP contribution in [0.2, 0.25) is 0 Å². The Morgan fingerprint density at radius 1 is 1.61 bits per heavy atom. The summed E-state index contributed by atoms with van der Waals surface area (Å²) in [7, 11) is 2.10. The van der Waals surface area contributed by atoms with Gasteiger partial charge in [-0.15, -0.1) is 0 Å². The fourth-order valence-electron chi connectivity index (χ4n) is 2.41. The van der Waals surface area contributed by atoms with Gasteiger partial charge in [0.05, 0.1) is 5.69 Å². The highest BCUT2D eigenvalue weighted by molar-refractivity contribution is 5.97. The summed E-state index contributed by atoms with van der Waals surface area (Å²) in [6, 6.07) is 3.62. The molecule has 0 aliphatic carbocycles. The second-order valence-electron chi connectivity index (χ2n) is 5.05. The molecule has 0 bridgehead atoms. The van der Waals surface area contributed by atoms with Gasteiger partial charge in [0.1, 0.15) is 0 Å². The van der Waals surface area contributed by atoms with Gasteiger partial charge >= 0.3 is 0 Å². The van der Waals surface area contributed by atoms with Crippen molar-refractivity contribution in [1.82, 2.24) is 15.2 Å². The first-order valence-electron chi connectivity index (χ1n) is 6.28. The lowest BCUT2D eigenvalue weighted by Gasteiger charge is -2.35. The number of anilines is 1. The lowest BCUT2D eigenvalue weighted by Crippen LogP contribution is -2.49. The van der Waals surface area contributed by atoms with Gasteiger partial charge < -0.3 is 16.0 Å². The quantitative estimate of drug-likeness (QED) is 0.809. The van der Waals surface area contributed by atoms with Crippen molar-refractivity contribution in [2.75, 3.05) is 25.9 Å². The third kappa shape index (κ3) is 2.79. The molecule has 18 heavy (non-hydrogen) atoms. The van der Waals surface area contributed by atoms with Crippen LogP contribution in [0.4, 0.5) is 5.69 Å². The molecule has 0 spiro atoms. The Morgan fingerprint density at radius 3 is 3.06 bits per heavy atom. The maximum absolute atomic E-state index is 12.1. The summed E-state index contributed by atoms with van der Waals surface area (Å²) < 4.78 is 0. The molecular weight excluding hydrogens is 228 g/mol. The summed E-state index contributed by atoms with van der Waals surface area (Å²) in [5.74, 6) is 0.270. The van der Waals surface area contributed by atoms with Gasteiger partial charge in [0.15, 0.2) is 5.69 Å². The summed E-state index contributed by atoms with van der Waals surface area (Å²) in [5.41, 5.74) is 6.50. The average molecular weight is 248 g/mol. The number of carbonyl (C=O) groups is 1. The monoisotopic (exact) mass is 248 g/mol. The zero-order valence-electron chi connectivity index (χ0n) is 10.9. The van der Waals surface area contributed by atoms with Crippen molar-refractivity contribution in [2.45, 2.75) is 19.4 Å². The van der Waals surface area contributed by atoms with Crippen molar-refractivity contribution in [3.63, 3.8) is 0 Å². The van der Waals surface area contributed by atoms with Crippen LogP contribution in [0.1, 0.15) is 23.8 Å². The topological polar surface area (TPSA) is 71.2 Å². The molecule has 2 rings (SSSR count). The summed E-state index contributed by atoms with van der Waals surface area (Å²) in [6.45, 7) is 4.16. The highest BCUT2D eigenvalue weighted by atomic mass is 16.2. The second kappa shape index (κ2) is 5.35. The van der Waals surface area contributed by atoms with E-state index >= 15 is 0 Å². The van der Waals surface area contributed by atoms with Crippen LogP contribution >= 0.6 is 0 Å². The van der Waals surface area contributed by atoms with Crippen LogP contribution in [0.3, 0.4) is 0 Å². The largest absolute Gasteiger partial charge is 0.397 e. The summed E-state index contributed by atoms with van der Waals surface area (Å²) in [6.07, 6.45) is 2.56. The summed E-state index contributed by atoms with van der Waals surface area (Å²) in [4.78, 5) is 18.4. The number of rotatable bonds is 2. The molecule has 98 valence electrons. The predicted octanol–water partition coefficient (Wildman–Crippen LogP) is 0.734. The van der Waals surface area contributed by atoms with Crippen LogP contribution in [-0.4, -0.2) is 42.0 Å². The minimum atomic E-state index is -0.172. The van der Waals surface area contributed by atoms with Gasteiger partial charge in [-0.2, -0.15) is 0 Å². The van der Waals surface area contributed by atoms with Crippen LogP contribution in [0.25, 0.3) is 0 Å². The van der Waals surface area contributed by atoms with E-state index in [4.69, 9.17) is 5.73 Å². The first-order valence-corrected chi connectivity index (χ1v) is 6.28. The van der Waals surface area contributed by atoms with E-state index in [-0.39, 0.29) is 11.9 Å². The Labute approximate surface area is 107 Å². The molecule has 1 aliphatic rings. The molecule has 1 amide bonds. The van der Waals surface area contributed by atoms with E-state index in [2.05, 4.69) is 29.2 Å². The van der Waals surface area contributed by atoms with Crippen molar-refractivity contribution in [3.8, 4) is 0 Å². The molecular formula is C13H20N4O. The SMILES string of the molecule is CC1CN(C)CCC1NC(=O)c1ncccc1N. The lowest BCUT2D eigenvalue weighted by atomic mass is 9.94. The number of hydrogen-bond donors (Lipinski definition) is 2. The van der Waals surface area contributed by atoms with E-state index in [1.807, 2.05) is 0 Å². The van der Waals surface area contributed by atoms with Crippen molar-refractivity contribution in [3.05, 3.63) is 24.0 Å². The van der Waals surface area contributed by atoms with Crippen molar-refractivity contribution in [1.29, 1.82) is 0 Å². The highest BCUT2D eigenvalue weighted by Crippen LogP contribution is 2.16. The molecule has 2 atom stereocenters. The molecule has 1 aromatic rings. The lowest BCUT2D eigenvalue weighted by molar-refractivity contribution is 0.0880. The number of nitrogens with zero attached hydrogens (tertiary/aromatic N) is 2. The van der Waals surface area contributed by atoms with Crippen molar-refractivity contribution >= 4 is 11.6 Å². The van der Waals surface area contributed by atoms with Gasteiger partial charge in [0.2, 0.25) is 0 Å². The number of amides is 1. The molecule has 1 fully saturated rings. The van der Waals surface area contributed by atoms with Gasteiger partial charge in [0.25, 0.3) is 5.91 Å². The van der Waals surface area contributed by atoms with E-state index < -0.39 is 0 Å². The summed E-state index contributed by atoms with van der Waals surface area (Å²) in [5, 5.41) is 3.04. The molecule has 5 heteroatoms. The minimum Gasteiger partial charge on any atom is -0.397 e. The number of hydrogen-bond acceptors (Lipinski definition) is 4. The Morgan fingerprint density at radius 2 is 2.39 bits per heavy atom. The van der Waals surface area contributed by atoms with E-state index in [0.717, 1.165) is 19.5 Å². The van der Waals surface area contributed by atoms with Crippen LogP contribution in [-0.2, 0) is 0 Å². The minimum absolute atomic E-state index is 0.172. The zero-order valence-corrected chi connectivity index (χ0v) is 10.9. The fourth-order valence-corrected chi connectivity index (χ4v) is 2.41. The number of pyridine rings is 1. The summed E-state index contributed by atoms with van der Waals surface area (Å²) >= 11 is 0. The van der Waals surface area contributed by atoms with Gasteiger partial charge in [-0.05, 0) is 38.1 Å². The molecule has 2 unspecified atom stereocenters. The van der Waals surface area contributed by atoms with Crippen molar-refractivity contribution in [2.24, 2.45) is 5.92 Å². The van der Waals surface area contributed by atoms with Crippen LogP contribution in [0, 0.1) is 5.92 Å². The van der Waals surface area contributed by atoms with Gasteiger partial charge in [-0.25, -0.2) is 4.98 Å². The Hall–Kier alpha value is -1.62. The van der Waals surface area contributed by atoms with E-state index in [9.17, 15) is 4.79 Å². The first-order chi connectivity index (χ1) is 8.58. The Bertz CT molecular complexity index is 435. The fraction of sp³-hybridized carbons (Fsp3) is 0.538. The molecule has 0 saturated carbocycles. The van der Waals surface area contributed by atoms with E-state index in [1.54, 1.807) is 18.3 Å². The number of nitrogen functional groups attached to an aromatic ring is 1. The first kappa shape index (κ1) is 12.8. The number of aromatic nitrogens is 1. The Kier molecular flexibility index (Phi) is 3.81. The van der Waals surface area contributed by atoms with Gasteiger partial charge in [-0.3, -0.25) is 4.79 Å². The number of likely N-dealkylation sites (tertiary alicyclic amines) is 1. The molecule has 1 aromatic heterocycles. The van der Waals surface area contributed by atoms with E-state index in [1.165, 1.54) is 0 Å². The Balaban J connectivity index is 2.02. The van der Waals surface area contributed by atoms with E-state index in [0.29, 0.717) is 17.3 Å². The third-order valence-corrected chi connectivity index (χ3v) is 3.48. The highest BCUT2D eigenvalue weighted by Gasteiger charge is 2.26. The third-order valence-electron chi connectivity index (χ3n) is 3.48. The molecule has 0 radical (unpaired) electrons. The standard InChI is InChI=1S/C13H20N4O/c1-9-8-17(2)7-5-11(9)16-13(18)12-10(14)4-3-6-15-12/h3-4,6,9,11H,5,7-8,14H2,1-2H3,(H,16,18). The normalized spacial score (nSPS) is 24.8. The maximum atomic E-state index is 12.1. The van der Waals surface area contributed by atoms with Crippen LogP contribution in [0.5, 0.6) is 0 Å². The van der Waals surface area contributed by atoms with Crippen molar-refractivity contribution < 1.29 is 4.79 Å². The van der Waals surface area contributed by atoms with Gasteiger partial charge in [-0.1, -0.05) is 6.92 Å². The molecule has 1 saturated heterocycles.